The summed E-state index contributed by atoms with van der Waals surface area (Å²) >= 11 is 0. The van der Waals surface area contributed by atoms with Crippen LogP contribution in [0, 0.1) is 12.7 Å². The van der Waals surface area contributed by atoms with Crippen molar-refractivity contribution >= 4 is 16.8 Å². The topological polar surface area (TPSA) is 62.4 Å². The third kappa shape index (κ3) is 4.38. The van der Waals surface area contributed by atoms with Crippen LogP contribution >= 0.6 is 0 Å². The molecular formula is C23H23FN2O3. The summed E-state index contributed by atoms with van der Waals surface area (Å²) in [5, 5.41) is 0.912. The summed E-state index contributed by atoms with van der Waals surface area (Å²) in [7, 11) is 0. The molecule has 1 N–H and O–H groups in total. The molecule has 5 nitrogen and oxygen atoms in total. The average molecular weight is 394 g/mol. The van der Waals surface area contributed by atoms with E-state index in [0.29, 0.717) is 18.7 Å². The van der Waals surface area contributed by atoms with Crippen LogP contribution in [0.4, 0.5) is 4.39 Å². The maximum atomic E-state index is 13.6. The number of hydrogen-bond donors (Lipinski definition) is 1. The number of aromatic amines is 1. The Morgan fingerprint density at radius 1 is 1.24 bits per heavy atom. The van der Waals surface area contributed by atoms with E-state index in [9.17, 15) is 14.0 Å². The number of H-pyrrole nitrogens is 1. The van der Waals surface area contributed by atoms with E-state index < -0.39 is 5.82 Å². The molecule has 29 heavy (non-hydrogen) atoms. The number of pyridine rings is 1. The number of halogens is 1. The number of carbonyl (C=O) groups excluding carboxylic acids is 1. The van der Waals surface area contributed by atoms with Crippen molar-refractivity contribution in [1.82, 2.24) is 9.88 Å². The van der Waals surface area contributed by atoms with Gasteiger partial charge in [-0.05, 0) is 61.5 Å². The summed E-state index contributed by atoms with van der Waals surface area (Å²) in [6.07, 6.45) is 1.73. The van der Waals surface area contributed by atoms with E-state index in [1.807, 2.05) is 31.2 Å². The first kappa shape index (κ1) is 19.3. The number of amides is 1. The second-order valence-corrected chi connectivity index (χ2v) is 7.55. The largest absolute Gasteiger partial charge is 0.376 e. The molecule has 1 saturated heterocycles. The normalized spacial score (nSPS) is 16.3. The van der Waals surface area contributed by atoms with Gasteiger partial charge in [0.2, 0.25) is 0 Å². The molecule has 0 saturated carbocycles. The second-order valence-electron chi connectivity index (χ2n) is 7.55. The molecule has 1 aliphatic rings. The number of nitrogens with zero attached hydrogens (tertiary/aromatic N) is 1. The zero-order valence-corrected chi connectivity index (χ0v) is 16.3. The van der Waals surface area contributed by atoms with Gasteiger partial charge in [-0.2, -0.15) is 0 Å². The lowest BCUT2D eigenvalue weighted by Gasteiger charge is -2.25. The van der Waals surface area contributed by atoms with Crippen LogP contribution in [-0.2, 0) is 11.3 Å². The Morgan fingerprint density at radius 2 is 2.10 bits per heavy atom. The van der Waals surface area contributed by atoms with Crippen LogP contribution < -0.4 is 5.56 Å². The van der Waals surface area contributed by atoms with Crippen molar-refractivity contribution in [1.29, 1.82) is 0 Å². The van der Waals surface area contributed by atoms with Crippen LogP contribution in [0.2, 0.25) is 0 Å². The predicted molar refractivity (Wildman–Crippen MR) is 109 cm³/mol. The number of ether oxygens (including phenoxy) is 1. The highest BCUT2D eigenvalue weighted by Crippen LogP contribution is 2.19. The summed E-state index contributed by atoms with van der Waals surface area (Å²) in [6, 6.07) is 13.2. The van der Waals surface area contributed by atoms with Crippen LogP contribution in [0.5, 0.6) is 0 Å². The molecule has 3 aromatic rings. The summed E-state index contributed by atoms with van der Waals surface area (Å²) in [5.74, 6) is -0.782. The molecular weight excluding hydrogens is 371 g/mol. The van der Waals surface area contributed by atoms with Gasteiger partial charge in [0.15, 0.2) is 0 Å². The van der Waals surface area contributed by atoms with Gasteiger partial charge in [0, 0.05) is 29.8 Å². The molecule has 0 radical (unpaired) electrons. The lowest BCUT2D eigenvalue weighted by molar-refractivity contribution is 0.0506. The van der Waals surface area contributed by atoms with E-state index in [1.54, 1.807) is 11.0 Å². The van der Waals surface area contributed by atoms with E-state index in [0.717, 1.165) is 29.3 Å². The lowest BCUT2D eigenvalue weighted by Crippen LogP contribution is -2.38. The van der Waals surface area contributed by atoms with E-state index in [1.165, 1.54) is 18.2 Å². The Kier molecular flexibility index (Phi) is 5.45. The molecule has 1 aromatic heterocycles. The van der Waals surface area contributed by atoms with Gasteiger partial charge in [0.1, 0.15) is 5.82 Å². The Hall–Kier alpha value is -2.99. The number of carbonyl (C=O) groups is 1. The molecule has 2 aromatic carbocycles. The second kappa shape index (κ2) is 8.17. The van der Waals surface area contributed by atoms with E-state index in [4.69, 9.17) is 4.74 Å². The molecule has 1 amide bonds. The van der Waals surface area contributed by atoms with Crippen molar-refractivity contribution in [3.63, 3.8) is 0 Å². The quantitative estimate of drug-likeness (QED) is 0.716. The van der Waals surface area contributed by atoms with Gasteiger partial charge in [0.25, 0.3) is 11.5 Å². The molecule has 6 heteroatoms. The SMILES string of the molecule is Cc1ccc2[nH]c(=O)c(CN(CC3CCCO3)C(=O)c3cccc(F)c3)cc2c1. The molecule has 1 atom stereocenters. The smallest absolute Gasteiger partial charge is 0.254 e. The monoisotopic (exact) mass is 394 g/mol. The Labute approximate surface area is 168 Å². The van der Waals surface area contributed by atoms with Crippen LogP contribution in [0.15, 0.2) is 53.3 Å². The Balaban J connectivity index is 1.67. The number of fused-ring (bicyclic) bond motifs is 1. The number of aryl methyl sites for hydroxylation is 1. The number of benzene rings is 2. The standard InChI is InChI=1S/C23H23FN2O3/c1-15-7-8-21-17(10-15)11-18(22(27)25-21)13-26(14-20-6-3-9-29-20)23(28)16-4-2-5-19(24)12-16/h2,4-5,7-8,10-12,20H,3,6,9,13-14H2,1H3,(H,25,27). The number of hydrogen-bond acceptors (Lipinski definition) is 3. The molecule has 0 bridgehead atoms. The molecule has 0 aliphatic carbocycles. The fraction of sp³-hybridized carbons (Fsp3) is 0.304. The van der Waals surface area contributed by atoms with Gasteiger partial charge in [-0.15, -0.1) is 0 Å². The Bertz CT molecular complexity index is 1100. The number of aromatic nitrogens is 1. The summed E-state index contributed by atoms with van der Waals surface area (Å²) in [5.41, 5.74) is 2.36. The van der Waals surface area contributed by atoms with Crippen molar-refractivity contribution in [3.05, 3.63) is 81.4 Å². The summed E-state index contributed by atoms with van der Waals surface area (Å²) in [4.78, 5) is 30.2. The molecule has 0 spiro atoms. The third-order valence-corrected chi connectivity index (χ3v) is 5.24. The molecule has 1 aliphatic heterocycles. The van der Waals surface area contributed by atoms with Crippen LogP contribution in [0.1, 0.15) is 34.3 Å². The van der Waals surface area contributed by atoms with Gasteiger partial charge in [0.05, 0.1) is 12.6 Å². The van der Waals surface area contributed by atoms with Crippen LogP contribution in [-0.4, -0.2) is 35.0 Å². The van der Waals surface area contributed by atoms with Crippen molar-refractivity contribution in [2.75, 3.05) is 13.2 Å². The van der Waals surface area contributed by atoms with Crippen molar-refractivity contribution < 1.29 is 13.9 Å². The molecule has 2 heterocycles. The van der Waals surface area contributed by atoms with Crippen molar-refractivity contribution in [3.8, 4) is 0 Å². The van der Waals surface area contributed by atoms with E-state index in [2.05, 4.69) is 4.98 Å². The van der Waals surface area contributed by atoms with Crippen molar-refractivity contribution in [2.24, 2.45) is 0 Å². The average Bonchev–Trinajstić information content (AvgIpc) is 3.21. The summed E-state index contributed by atoms with van der Waals surface area (Å²) < 4.78 is 19.3. The van der Waals surface area contributed by atoms with E-state index >= 15 is 0 Å². The van der Waals surface area contributed by atoms with Gasteiger partial charge >= 0.3 is 0 Å². The zero-order valence-electron chi connectivity index (χ0n) is 16.3. The molecule has 1 fully saturated rings. The first-order valence-corrected chi connectivity index (χ1v) is 9.78. The highest BCUT2D eigenvalue weighted by atomic mass is 19.1. The number of nitrogens with one attached hydrogen (secondary N) is 1. The zero-order chi connectivity index (χ0) is 20.4. The van der Waals surface area contributed by atoms with Gasteiger partial charge in [-0.25, -0.2) is 4.39 Å². The fourth-order valence-electron chi connectivity index (χ4n) is 3.75. The highest BCUT2D eigenvalue weighted by molar-refractivity contribution is 5.94. The Morgan fingerprint density at radius 3 is 2.86 bits per heavy atom. The van der Waals surface area contributed by atoms with Gasteiger partial charge in [-0.1, -0.05) is 17.7 Å². The predicted octanol–water partition coefficient (Wildman–Crippen LogP) is 3.80. The van der Waals surface area contributed by atoms with Crippen LogP contribution in [0.3, 0.4) is 0 Å². The maximum absolute atomic E-state index is 13.6. The lowest BCUT2D eigenvalue weighted by atomic mass is 10.1. The minimum absolute atomic E-state index is 0.0747. The van der Waals surface area contributed by atoms with E-state index in [-0.39, 0.29) is 29.7 Å². The van der Waals surface area contributed by atoms with Crippen LogP contribution in [0.25, 0.3) is 10.9 Å². The summed E-state index contributed by atoms with van der Waals surface area (Å²) in [6.45, 7) is 3.15. The third-order valence-electron chi connectivity index (χ3n) is 5.24. The highest BCUT2D eigenvalue weighted by Gasteiger charge is 2.24. The first-order chi connectivity index (χ1) is 14.0. The minimum atomic E-state index is -0.466. The van der Waals surface area contributed by atoms with Gasteiger partial charge < -0.3 is 14.6 Å². The minimum Gasteiger partial charge on any atom is -0.376 e. The van der Waals surface area contributed by atoms with Crippen molar-refractivity contribution in [2.45, 2.75) is 32.4 Å². The first-order valence-electron chi connectivity index (χ1n) is 9.78. The maximum Gasteiger partial charge on any atom is 0.254 e. The fourth-order valence-corrected chi connectivity index (χ4v) is 3.75. The molecule has 150 valence electrons. The van der Waals surface area contributed by atoms with Gasteiger partial charge in [-0.3, -0.25) is 9.59 Å². The molecule has 4 rings (SSSR count). The number of rotatable bonds is 5. The molecule has 1 unspecified atom stereocenters.